The molecule has 18 heteroatoms. The number of hydrazine groups is 1. The van der Waals surface area contributed by atoms with Crippen LogP contribution < -0.4 is 21.5 Å². The number of unbranched alkanes of at least 4 members (excludes halogenated alkanes) is 3. The highest BCUT2D eigenvalue weighted by Gasteiger charge is 2.31. The molecule has 304 valence electrons. The number of carboxylic acids is 1. The number of para-hydroxylation sites is 2. The van der Waals surface area contributed by atoms with Crippen molar-refractivity contribution in [3.8, 4) is 0 Å². The van der Waals surface area contributed by atoms with Crippen LogP contribution in [0.3, 0.4) is 0 Å². The van der Waals surface area contributed by atoms with E-state index < -0.39 is 12.0 Å². The number of imidazole rings is 1. The lowest BCUT2D eigenvalue weighted by Gasteiger charge is -2.24. The van der Waals surface area contributed by atoms with Gasteiger partial charge in [0.15, 0.2) is 0 Å². The van der Waals surface area contributed by atoms with E-state index in [0.29, 0.717) is 54.5 Å². The van der Waals surface area contributed by atoms with Gasteiger partial charge in [0.1, 0.15) is 17.7 Å². The van der Waals surface area contributed by atoms with Crippen molar-refractivity contribution in [2.45, 2.75) is 62.7 Å². The van der Waals surface area contributed by atoms with Crippen LogP contribution in [0.4, 0.5) is 11.5 Å². The van der Waals surface area contributed by atoms with Crippen LogP contribution in [0.15, 0.2) is 90.0 Å². The van der Waals surface area contributed by atoms with Crippen molar-refractivity contribution in [2.75, 3.05) is 30.9 Å². The first kappa shape index (κ1) is 41.6. The Morgan fingerprint density at radius 3 is 2.59 bits per heavy atom. The largest absolute Gasteiger partial charge is 0.481 e. The Bertz CT molecular complexity index is 2170. The van der Waals surface area contributed by atoms with Crippen LogP contribution in [0.2, 0.25) is 0 Å². The van der Waals surface area contributed by atoms with E-state index in [9.17, 15) is 24.3 Å². The molecule has 0 spiro atoms. The number of aromatic nitrogens is 3. The molecule has 17 nitrogen and oxygen atoms in total. The lowest BCUT2D eigenvalue weighted by Crippen LogP contribution is -2.42. The molecule has 1 aliphatic rings. The highest BCUT2D eigenvalue weighted by Crippen LogP contribution is 2.27. The second-order valence-corrected chi connectivity index (χ2v) is 14.4. The second-order valence-electron chi connectivity index (χ2n) is 13.7. The van der Waals surface area contributed by atoms with E-state index in [4.69, 9.17) is 5.26 Å². The highest BCUT2D eigenvalue weighted by molar-refractivity contribution is 7.94. The molecule has 0 bridgehead atoms. The van der Waals surface area contributed by atoms with Gasteiger partial charge in [0, 0.05) is 55.6 Å². The lowest BCUT2D eigenvalue weighted by molar-refractivity contribution is -0.432. The van der Waals surface area contributed by atoms with Crippen LogP contribution in [0.1, 0.15) is 69.8 Å². The smallest absolute Gasteiger partial charge is 0.305 e. The Morgan fingerprint density at radius 2 is 1.79 bits per heavy atom. The number of aliphatic carboxylic acids is 1. The number of fused-ring (bicyclic) bond motifs is 2. The SMILES string of the molecule is CN(Cc1nc2ccccc2[nH]1)C(=O)c1ccc2c(c1)CN(CCCCCCNC(=O)c1ccc(NNCc3ccccc3SOOO)nc1)C(=O)[C@H](CC(=O)O)N2. The van der Waals surface area contributed by atoms with E-state index >= 15 is 0 Å². The molecule has 0 saturated heterocycles. The number of hydrogen-bond donors (Lipinski definition) is 7. The average molecular weight is 812 g/mol. The predicted molar refractivity (Wildman–Crippen MR) is 216 cm³/mol. The van der Waals surface area contributed by atoms with Crippen molar-refractivity contribution in [2.24, 2.45) is 0 Å². The summed E-state index contributed by atoms with van der Waals surface area (Å²) >= 11 is 0.874. The molecule has 0 radical (unpaired) electrons. The third kappa shape index (κ3) is 11.3. The maximum atomic E-state index is 13.5. The van der Waals surface area contributed by atoms with Gasteiger partial charge in [-0.15, -0.1) is 4.33 Å². The number of carbonyl (C=O) groups is 4. The number of anilines is 2. The number of aromatic amines is 1. The number of carboxylic acid groups (broad SMARTS) is 1. The zero-order valence-electron chi connectivity index (χ0n) is 31.8. The van der Waals surface area contributed by atoms with E-state index in [2.05, 4.69) is 45.8 Å². The Kier molecular flexibility index (Phi) is 14.6. The summed E-state index contributed by atoms with van der Waals surface area (Å²) in [6, 6.07) is 22.6. The first-order chi connectivity index (χ1) is 28.2. The molecule has 1 atom stereocenters. The van der Waals surface area contributed by atoms with Gasteiger partial charge in [-0.3, -0.25) is 19.2 Å². The van der Waals surface area contributed by atoms with E-state index in [0.717, 1.165) is 58.4 Å². The van der Waals surface area contributed by atoms with Crippen molar-refractivity contribution >= 4 is 58.3 Å². The molecule has 6 rings (SSSR count). The fourth-order valence-corrected chi connectivity index (χ4v) is 7.04. The molecular formula is C40H45N9O8S. The normalized spacial score (nSPS) is 13.7. The summed E-state index contributed by atoms with van der Waals surface area (Å²) in [6.45, 7) is 1.79. The molecule has 7 N–H and O–H groups in total. The molecule has 0 saturated carbocycles. The van der Waals surface area contributed by atoms with Crippen LogP contribution in [-0.4, -0.2) is 85.0 Å². The third-order valence-electron chi connectivity index (χ3n) is 9.49. The molecule has 3 aromatic carbocycles. The highest BCUT2D eigenvalue weighted by atomic mass is 32.2. The van der Waals surface area contributed by atoms with Gasteiger partial charge >= 0.3 is 5.97 Å². The Labute approximate surface area is 338 Å². The third-order valence-corrected chi connectivity index (χ3v) is 10.2. The minimum absolute atomic E-state index is 0.213. The number of H-pyrrole nitrogens is 1. The molecule has 0 fully saturated rings. The quantitative estimate of drug-likeness (QED) is 0.0228. The van der Waals surface area contributed by atoms with Crippen molar-refractivity contribution < 1.29 is 38.9 Å². The van der Waals surface area contributed by atoms with Gasteiger partial charge in [0.05, 0.1) is 41.6 Å². The van der Waals surface area contributed by atoms with Gasteiger partial charge in [-0.05, 0) is 72.5 Å². The number of nitrogens with zero attached hydrogens (tertiary/aromatic N) is 4. The number of benzene rings is 3. The van der Waals surface area contributed by atoms with Crippen LogP contribution in [-0.2, 0) is 38.6 Å². The average Bonchev–Trinajstić information content (AvgIpc) is 3.59. The van der Waals surface area contributed by atoms with Gasteiger partial charge in [0.25, 0.3) is 11.8 Å². The van der Waals surface area contributed by atoms with Gasteiger partial charge < -0.3 is 35.9 Å². The Balaban J connectivity index is 0.945. The summed E-state index contributed by atoms with van der Waals surface area (Å²) in [5.41, 5.74) is 10.8. The van der Waals surface area contributed by atoms with E-state index in [-0.39, 0.29) is 37.2 Å². The number of pyridine rings is 1. The van der Waals surface area contributed by atoms with Crippen molar-refractivity contribution in [1.82, 2.24) is 35.5 Å². The first-order valence-corrected chi connectivity index (χ1v) is 19.5. The fourth-order valence-electron chi connectivity index (χ4n) is 6.55. The number of carbonyl (C=O) groups excluding carboxylic acids is 3. The van der Waals surface area contributed by atoms with Crippen LogP contribution in [0, 0.1) is 0 Å². The Hall–Kier alpha value is -6.05. The van der Waals surface area contributed by atoms with E-state index in [1.807, 2.05) is 48.5 Å². The van der Waals surface area contributed by atoms with Crippen LogP contribution in [0.25, 0.3) is 11.0 Å². The summed E-state index contributed by atoms with van der Waals surface area (Å²) < 4.78 is 4.53. The second kappa shape index (κ2) is 20.4. The van der Waals surface area contributed by atoms with Crippen molar-refractivity contribution in [3.05, 3.63) is 113 Å². The summed E-state index contributed by atoms with van der Waals surface area (Å²) in [7, 11) is 1.70. The summed E-state index contributed by atoms with van der Waals surface area (Å²) in [4.78, 5) is 67.5. The van der Waals surface area contributed by atoms with Gasteiger partial charge in [-0.25, -0.2) is 20.7 Å². The summed E-state index contributed by atoms with van der Waals surface area (Å²) in [5.74, 6) is -0.678. The number of amides is 3. The van der Waals surface area contributed by atoms with Crippen LogP contribution in [0.5, 0.6) is 0 Å². The number of nitrogens with one attached hydrogen (secondary N) is 5. The summed E-state index contributed by atoms with van der Waals surface area (Å²) in [5, 5.41) is 27.7. The monoisotopic (exact) mass is 811 g/mol. The Morgan fingerprint density at radius 1 is 1.00 bits per heavy atom. The maximum Gasteiger partial charge on any atom is 0.305 e. The van der Waals surface area contributed by atoms with Gasteiger partial charge in [-0.2, -0.15) is 0 Å². The van der Waals surface area contributed by atoms with E-state index in [1.165, 1.54) is 6.20 Å². The molecule has 3 amide bonds. The topological polar surface area (TPSA) is 223 Å². The standard InChI is InChI=1S/C40H45N9O8S/c1-48(25-36-45-31-11-5-6-12-32(31)46-36)39(53)26-14-16-30-29(20-26)24-49(40(54)33(44-30)21-37(50)51)19-9-3-2-8-18-41-38(52)28-15-17-35(42-22-28)47-43-23-27-10-4-7-13-34(27)58-57-56-55/h4-7,10-17,20,22,33,43-44,55H,2-3,8-9,18-19,21,23-25H2,1H3,(H,41,52)(H,42,47)(H,45,46)(H,50,51)/t33-/m0/s1. The minimum atomic E-state index is -1.09. The van der Waals surface area contributed by atoms with Gasteiger partial charge in [0.2, 0.25) is 5.91 Å². The van der Waals surface area contributed by atoms with E-state index in [1.54, 1.807) is 47.2 Å². The minimum Gasteiger partial charge on any atom is -0.481 e. The number of rotatable bonds is 20. The zero-order chi connectivity index (χ0) is 40.9. The number of hydrogen-bond acceptors (Lipinski definition) is 13. The van der Waals surface area contributed by atoms with Gasteiger partial charge in [-0.1, -0.05) is 48.2 Å². The zero-order valence-corrected chi connectivity index (χ0v) is 32.6. The fraction of sp³-hybridized carbons (Fsp3) is 0.300. The lowest BCUT2D eigenvalue weighted by atomic mass is 10.1. The molecule has 0 aliphatic carbocycles. The molecule has 58 heavy (non-hydrogen) atoms. The molecule has 0 unspecified atom stereocenters. The van der Waals surface area contributed by atoms with Crippen molar-refractivity contribution in [3.63, 3.8) is 0 Å². The molecule has 2 aromatic heterocycles. The molecule has 5 aromatic rings. The predicted octanol–water partition coefficient (Wildman–Crippen LogP) is 5.36. The first-order valence-electron chi connectivity index (χ1n) is 18.7. The van der Waals surface area contributed by atoms with Crippen LogP contribution >= 0.6 is 12.0 Å². The molecule has 3 heterocycles. The van der Waals surface area contributed by atoms with Crippen molar-refractivity contribution in [1.29, 1.82) is 0 Å². The maximum absolute atomic E-state index is 13.5. The summed E-state index contributed by atoms with van der Waals surface area (Å²) in [6.07, 6.45) is 4.10. The molecular weight excluding hydrogens is 767 g/mol. The molecule has 1 aliphatic heterocycles.